The number of piperazine rings is 1. The number of hydrogen-bond donors (Lipinski definition) is 0. The molecule has 41 heavy (non-hydrogen) atoms. The number of fused-ring (bicyclic) bond motifs is 3. The number of benzene rings is 2. The lowest BCUT2D eigenvalue weighted by atomic mass is 9.79. The van der Waals surface area contributed by atoms with Gasteiger partial charge in [-0.25, -0.2) is 4.68 Å². The number of hydrogen-bond acceptors (Lipinski definition) is 6. The highest BCUT2D eigenvalue weighted by molar-refractivity contribution is 7.10. The molecular weight excluding hydrogens is 524 g/mol. The number of anilines is 1. The van der Waals surface area contributed by atoms with Gasteiger partial charge in [0, 0.05) is 73.0 Å². The highest BCUT2D eigenvalue weighted by Crippen LogP contribution is 2.41. The quantitative estimate of drug-likeness (QED) is 0.308. The Hall–Kier alpha value is -2.97. The Labute approximate surface area is 248 Å². The minimum absolute atomic E-state index is 0.101. The van der Waals surface area contributed by atoms with Gasteiger partial charge in [0.15, 0.2) is 0 Å². The van der Waals surface area contributed by atoms with Crippen LogP contribution >= 0.6 is 11.3 Å². The lowest BCUT2D eigenvalue weighted by Gasteiger charge is -2.47. The zero-order valence-corrected chi connectivity index (χ0v) is 25.5. The van der Waals surface area contributed by atoms with Crippen LogP contribution in [0.2, 0.25) is 0 Å². The van der Waals surface area contributed by atoms with Crippen molar-refractivity contribution < 1.29 is 0 Å². The van der Waals surface area contributed by atoms with Gasteiger partial charge in [0.25, 0.3) is 0 Å². The van der Waals surface area contributed by atoms with Crippen LogP contribution in [0.4, 0.5) is 5.69 Å². The van der Waals surface area contributed by atoms with E-state index >= 15 is 0 Å². The molecule has 4 heterocycles. The molecule has 2 saturated heterocycles. The van der Waals surface area contributed by atoms with Crippen LogP contribution in [0, 0.1) is 0 Å². The lowest BCUT2D eigenvalue weighted by Crippen LogP contribution is -2.50. The van der Waals surface area contributed by atoms with Crippen molar-refractivity contribution in [2.45, 2.75) is 37.8 Å². The topological polar surface area (TPSA) is 30.8 Å². The fourth-order valence-corrected chi connectivity index (χ4v) is 8.11. The van der Waals surface area contributed by atoms with Gasteiger partial charge in [-0.15, -0.1) is 11.3 Å². The Morgan fingerprint density at radius 3 is 2.24 bits per heavy atom. The molecule has 0 radical (unpaired) electrons. The summed E-state index contributed by atoms with van der Waals surface area (Å²) in [6.45, 7) is 7.56. The van der Waals surface area contributed by atoms with Gasteiger partial charge < -0.3 is 9.80 Å². The predicted molar refractivity (Wildman–Crippen MR) is 170 cm³/mol. The molecule has 4 aromatic rings. The average Bonchev–Trinajstić information content (AvgIpc) is 3.64. The van der Waals surface area contributed by atoms with Crippen LogP contribution < -0.4 is 4.90 Å². The van der Waals surface area contributed by atoms with Crippen molar-refractivity contribution in [2.24, 2.45) is 0 Å². The third-order valence-corrected chi connectivity index (χ3v) is 10.8. The van der Waals surface area contributed by atoms with Crippen LogP contribution in [-0.4, -0.2) is 84.9 Å². The van der Waals surface area contributed by atoms with E-state index in [0.29, 0.717) is 0 Å². The van der Waals surface area contributed by atoms with Crippen molar-refractivity contribution >= 4 is 17.0 Å². The van der Waals surface area contributed by atoms with Gasteiger partial charge in [-0.1, -0.05) is 30.3 Å². The van der Waals surface area contributed by atoms with Crippen molar-refractivity contribution in [3.63, 3.8) is 0 Å². The smallest absolute Gasteiger partial charge is 0.0807 e. The summed E-state index contributed by atoms with van der Waals surface area (Å²) in [4.78, 5) is 11.5. The molecule has 2 fully saturated rings. The SMILES string of the molecule is CN1CCN(Cc2nn(-c3ccc(N4CCC(c5ccccc5)(N(C)C)CC4)cc3)c3c2CCc2sccc2-3)CC1. The van der Waals surface area contributed by atoms with E-state index in [4.69, 9.17) is 5.10 Å². The van der Waals surface area contributed by atoms with E-state index in [9.17, 15) is 0 Å². The molecule has 7 rings (SSSR count). The average molecular weight is 567 g/mol. The molecule has 0 amide bonds. The van der Waals surface area contributed by atoms with Crippen molar-refractivity contribution in [1.82, 2.24) is 24.5 Å². The first-order chi connectivity index (χ1) is 20.0. The van der Waals surface area contributed by atoms with Crippen molar-refractivity contribution in [3.05, 3.63) is 87.7 Å². The highest BCUT2D eigenvalue weighted by atomic mass is 32.1. The number of likely N-dealkylation sites (N-methyl/N-ethyl adjacent to an activating group) is 1. The third kappa shape index (κ3) is 4.93. The van der Waals surface area contributed by atoms with Crippen molar-refractivity contribution in [1.29, 1.82) is 0 Å². The van der Waals surface area contributed by atoms with E-state index in [-0.39, 0.29) is 5.54 Å². The minimum Gasteiger partial charge on any atom is -0.371 e. The van der Waals surface area contributed by atoms with Crippen LogP contribution in [0.25, 0.3) is 16.9 Å². The lowest BCUT2D eigenvalue weighted by molar-refractivity contribution is 0.115. The minimum atomic E-state index is 0.101. The number of nitrogens with zero attached hydrogens (tertiary/aromatic N) is 6. The van der Waals surface area contributed by atoms with Gasteiger partial charge in [0.05, 0.1) is 17.1 Å². The molecule has 0 N–H and O–H groups in total. The molecule has 1 aliphatic carbocycles. The molecule has 3 aliphatic rings. The van der Waals surface area contributed by atoms with Crippen LogP contribution in [0.3, 0.4) is 0 Å². The van der Waals surface area contributed by atoms with E-state index in [1.807, 2.05) is 11.3 Å². The van der Waals surface area contributed by atoms with Crippen molar-refractivity contribution in [3.8, 4) is 16.9 Å². The Morgan fingerprint density at radius 2 is 1.54 bits per heavy atom. The van der Waals surface area contributed by atoms with Gasteiger partial charge in [-0.3, -0.25) is 9.80 Å². The second kappa shape index (κ2) is 11.0. The zero-order valence-electron chi connectivity index (χ0n) is 24.7. The maximum absolute atomic E-state index is 5.31. The fourth-order valence-electron chi connectivity index (χ4n) is 7.23. The summed E-state index contributed by atoms with van der Waals surface area (Å²) in [6, 6.07) is 22.6. The highest BCUT2D eigenvalue weighted by Gasteiger charge is 2.38. The first-order valence-electron chi connectivity index (χ1n) is 15.2. The van der Waals surface area contributed by atoms with Gasteiger partial charge in [0.1, 0.15) is 0 Å². The molecule has 214 valence electrons. The third-order valence-electron chi connectivity index (χ3n) is 9.86. The normalized spacial score (nSPS) is 19.4. The molecule has 0 spiro atoms. The molecule has 0 unspecified atom stereocenters. The van der Waals surface area contributed by atoms with Crippen LogP contribution in [0.5, 0.6) is 0 Å². The Bertz CT molecular complexity index is 1470. The van der Waals surface area contributed by atoms with Gasteiger partial charge >= 0.3 is 0 Å². The standard InChI is InChI=1S/C34H42N6S/c1-36(2)34(26-7-5-4-6-8-26)16-18-39(19-17-34)27-9-11-28(12-10-27)40-33-29(13-14-32-30(33)15-24-41-32)31(35-40)25-38-22-20-37(3)21-23-38/h4-12,15,24H,13-14,16-23,25H2,1-3H3. The summed E-state index contributed by atoms with van der Waals surface area (Å²) < 4.78 is 2.25. The van der Waals surface area contributed by atoms with E-state index in [2.05, 4.69) is 111 Å². The van der Waals surface area contributed by atoms with Crippen LogP contribution in [0.1, 0.15) is 34.5 Å². The van der Waals surface area contributed by atoms with Crippen LogP contribution in [0.15, 0.2) is 66.0 Å². The summed E-state index contributed by atoms with van der Waals surface area (Å²) in [6.07, 6.45) is 4.46. The predicted octanol–water partition coefficient (Wildman–Crippen LogP) is 5.50. The molecule has 0 saturated carbocycles. The molecule has 6 nitrogen and oxygen atoms in total. The van der Waals surface area contributed by atoms with E-state index in [0.717, 1.165) is 77.2 Å². The zero-order chi connectivity index (χ0) is 28.0. The van der Waals surface area contributed by atoms with E-state index in [1.54, 1.807) is 0 Å². The fraction of sp³-hybridized carbons (Fsp3) is 0.441. The molecule has 2 aromatic heterocycles. The van der Waals surface area contributed by atoms with Gasteiger partial charge in [-0.05, 0) is 88.1 Å². The molecule has 0 atom stereocenters. The maximum atomic E-state index is 5.31. The Morgan fingerprint density at radius 1 is 0.829 bits per heavy atom. The van der Waals surface area contributed by atoms with Crippen molar-refractivity contribution in [2.75, 3.05) is 65.3 Å². The molecule has 2 aromatic carbocycles. The summed E-state index contributed by atoms with van der Waals surface area (Å²) >= 11 is 1.89. The summed E-state index contributed by atoms with van der Waals surface area (Å²) in [5.41, 5.74) is 9.43. The number of aryl methyl sites for hydroxylation is 1. The second-order valence-electron chi connectivity index (χ2n) is 12.3. The first kappa shape index (κ1) is 26.9. The number of aromatic nitrogens is 2. The molecule has 0 bridgehead atoms. The monoisotopic (exact) mass is 566 g/mol. The maximum Gasteiger partial charge on any atom is 0.0807 e. The summed E-state index contributed by atoms with van der Waals surface area (Å²) in [5, 5.41) is 7.56. The first-order valence-corrected chi connectivity index (χ1v) is 16.1. The summed E-state index contributed by atoms with van der Waals surface area (Å²) in [7, 11) is 6.69. The second-order valence-corrected chi connectivity index (χ2v) is 13.3. The van der Waals surface area contributed by atoms with E-state index in [1.165, 1.54) is 38.6 Å². The van der Waals surface area contributed by atoms with Crippen LogP contribution in [-0.2, 0) is 24.9 Å². The van der Waals surface area contributed by atoms with E-state index < -0.39 is 0 Å². The number of piperidine rings is 1. The molecule has 2 aliphatic heterocycles. The Balaban J connectivity index is 1.14. The Kier molecular flexibility index (Phi) is 7.23. The number of rotatable bonds is 6. The van der Waals surface area contributed by atoms with Gasteiger partial charge in [0.2, 0.25) is 0 Å². The van der Waals surface area contributed by atoms with Gasteiger partial charge in [-0.2, -0.15) is 5.10 Å². The number of thiophene rings is 1. The molecule has 7 heteroatoms. The largest absolute Gasteiger partial charge is 0.371 e. The molecular formula is C34H42N6S. The summed E-state index contributed by atoms with van der Waals surface area (Å²) in [5.74, 6) is 0.